The zero-order chi connectivity index (χ0) is 25.0. The second kappa shape index (κ2) is 9.92. The molecule has 0 saturated heterocycles. The Morgan fingerprint density at radius 3 is 2.03 bits per heavy atom. The van der Waals surface area contributed by atoms with Gasteiger partial charge in [-0.25, -0.2) is 0 Å². The van der Waals surface area contributed by atoms with Crippen molar-refractivity contribution in [3.8, 4) is 17.2 Å². The molecular weight excluding hydrogens is 443 g/mol. The minimum Gasteiger partial charge on any atom is -0.564 e. The van der Waals surface area contributed by atoms with Crippen LogP contribution < -0.4 is 0 Å². The molecule has 0 radical (unpaired) electrons. The second-order valence-electron chi connectivity index (χ2n) is 8.48. The average molecular weight is 466 g/mol. The highest BCUT2D eigenvalue weighted by Crippen LogP contribution is 2.34. The lowest BCUT2D eigenvalue weighted by atomic mass is 9.86. The molecule has 1 atom stereocenters. The van der Waals surface area contributed by atoms with Gasteiger partial charge in [0.1, 0.15) is 5.92 Å². The quantitative estimate of drug-likeness (QED) is 0.323. The number of hydrogen-bond donors (Lipinski definition) is 0. The molecular formula is C27H23F3NO3+. The summed E-state index contributed by atoms with van der Waals surface area (Å²) in [5.41, 5.74) is 1.55. The Bertz CT molecular complexity index is 1240. The van der Waals surface area contributed by atoms with E-state index in [1.807, 2.05) is 19.9 Å². The number of alkyl halides is 3. The third-order valence-electron chi connectivity index (χ3n) is 5.47. The number of carbonyl (C=O) groups excluding carboxylic acids is 2. The molecule has 0 aliphatic heterocycles. The third-order valence-corrected chi connectivity index (χ3v) is 5.47. The van der Waals surface area contributed by atoms with Gasteiger partial charge in [-0.2, -0.15) is 18.4 Å². The van der Waals surface area contributed by atoms with Crippen LogP contribution in [0.1, 0.15) is 58.8 Å². The van der Waals surface area contributed by atoms with Crippen molar-refractivity contribution in [3.63, 3.8) is 0 Å². The van der Waals surface area contributed by atoms with Gasteiger partial charge in [-0.15, -0.1) is 0 Å². The molecule has 3 aromatic carbocycles. The van der Waals surface area contributed by atoms with E-state index in [0.29, 0.717) is 34.2 Å². The highest BCUT2D eigenvalue weighted by atomic mass is 19.4. The van der Waals surface area contributed by atoms with Crippen LogP contribution in [0.15, 0.2) is 66.7 Å². The van der Waals surface area contributed by atoms with Gasteiger partial charge >= 0.3 is 12.1 Å². The van der Waals surface area contributed by atoms with Crippen LogP contribution in [-0.4, -0.2) is 16.9 Å². The zero-order valence-corrected chi connectivity index (χ0v) is 18.6. The lowest BCUT2D eigenvalue weighted by Crippen LogP contribution is -2.15. The molecule has 4 nitrogen and oxygen atoms in total. The van der Waals surface area contributed by atoms with Crippen molar-refractivity contribution in [3.05, 3.63) is 94.5 Å². The number of carbonyl (C=O) groups is 2. The van der Waals surface area contributed by atoms with Gasteiger partial charge in [0, 0.05) is 15.9 Å². The molecule has 174 valence electrons. The van der Waals surface area contributed by atoms with E-state index in [0.717, 1.165) is 12.1 Å². The van der Waals surface area contributed by atoms with Crippen LogP contribution in [0.3, 0.4) is 0 Å². The fourth-order valence-electron chi connectivity index (χ4n) is 3.73. The molecule has 7 heteroatoms. The van der Waals surface area contributed by atoms with Crippen LogP contribution in [0.2, 0.25) is 0 Å². The summed E-state index contributed by atoms with van der Waals surface area (Å²) in [7, 11) is 0. The number of nitrogens with zero attached hydrogens (tertiary/aromatic N) is 1. The maximum atomic E-state index is 13.2. The van der Waals surface area contributed by atoms with E-state index < -0.39 is 23.6 Å². The molecule has 0 heterocycles. The lowest BCUT2D eigenvalue weighted by molar-refractivity contribution is -0.139. The van der Waals surface area contributed by atoms with E-state index in [-0.39, 0.29) is 17.3 Å². The highest BCUT2D eigenvalue weighted by molar-refractivity contribution is 6.09. The van der Waals surface area contributed by atoms with Crippen molar-refractivity contribution in [2.24, 2.45) is 5.92 Å². The molecule has 0 bridgehead atoms. The van der Waals surface area contributed by atoms with Gasteiger partial charge in [0.15, 0.2) is 5.78 Å². The number of hydrogen-bond acceptors (Lipinski definition) is 3. The van der Waals surface area contributed by atoms with Crippen LogP contribution >= 0.6 is 0 Å². The molecule has 1 unspecified atom stereocenters. The van der Waals surface area contributed by atoms with Crippen LogP contribution in [0.5, 0.6) is 0 Å². The fraction of sp³-hybridized carbons (Fsp3) is 0.222. The molecule has 0 aromatic heterocycles. The first-order chi connectivity index (χ1) is 16.0. The fourth-order valence-corrected chi connectivity index (χ4v) is 3.73. The number of benzene rings is 3. The maximum Gasteiger partial charge on any atom is 0.523 e. The van der Waals surface area contributed by atoms with Gasteiger partial charge in [-0.3, -0.25) is 4.79 Å². The molecule has 0 fully saturated rings. The van der Waals surface area contributed by atoms with E-state index >= 15 is 0 Å². The number of rotatable bonds is 7. The topological polar surface area (TPSA) is 80.8 Å². The van der Waals surface area contributed by atoms with E-state index in [1.54, 1.807) is 18.2 Å². The average Bonchev–Trinajstić information content (AvgIpc) is 2.81. The SMILES string of the molecule is CC(C)CC(C(=O)[OH2+])c1cc(C(=O)c2ccc(C#N)cc2)cc(-c2ccc(C(F)(F)F)cc2)c1. The highest BCUT2D eigenvalue weighted by Gasteiger charge is 2.31. The minimum atomic E-state index is -4.48. The molecule has 0 spiro atoms. The largest absolute Gasteiger partial charge is 0.564 e. The van der Waals surface area contributed by atoms with Crippen molar-refractivity contribution in [1.29, 1.82) is 5.26 Å². The maximum absolute atomic E-state index is 13.2. The van der Waals surface area contributed by atoms with Crippen molar-refractivity contribution in [2.75, 3.05) is 0 Å². The van der Waals surface area contributed by atoms with E-state index in [9.17, 15) is 22.8 Å². The van der Waals surface area contributed by atoms with E-state index in [2.05, 4.69) is 0 Å². The summed E-state index contributed by atoms with van der Waals surface area (Å²) in [4.78, 5) is 25.3. The summed E-state index contributed by atoms with van der Waals surface area (Å²) in [6, 6.07) is 17.4. The van der Waals surface area contributed by atoms with E-state index in [4.69, 9.17) is 10.4 Å². The summed E-state index contributed by atoms with van der Waals surface area (Å²) >= 11 is 0. The minimum absolute atomic E-state index is 0.103. The molecule has 0 amide bonds. The number of nitriles is 1. The predicted octanol–water partition coefficient (Wildman–Crippen LogP) is 5.86. The van der Waals surface area contributed by atoms with Gasteiger partial charge in [-0.05, 0) is 77.6 Å². The monoisotopic (exact) mass is 466 g/mol. The smallest absolute Gasteiger partial charge is 0.523 e. The van der Waals surface area contributed by atoms with Crippen molar-refractivity contribution in [2.45, 2.75) is 32.4 Å². The Hall–Kier alpha value is -3.92. The van der Waals surface area contributed by atoms with E-state index in [1.165, 1.54) is 36.4 Å². The second-order valence-corrected chi connectivity index (χ2v) is 8.48. The molecule has 3 aromatic rings. The summed E-state index contributed by atoms with van der Waals surface area (Å²) in [6.07, 6.45) is -4.08. The van der Waals surface area contributed by atoms with Crippen LogP contribution in [0.4, 0.5) is 13.2 Å². The summed E-state index contributed by atoms with van der Waals surface area (Å²) in [5, 5.41) is 16.7. The zero-order valence-electron chi connectivity index (χ0n) is 18.6. The van der Waals surface area contributed by atoms with Gasteiger partial charge in [-0.1, -0.05) is 32.0 Å². The molecule has 34 heavy (non-hydrogen) atoms. The summed E-state index contributed by atoms with van der Waals surface area (Å²) in [5.74, 6) is -1.83. The third kappa shape index (κ3) is 5.70. The summed E-state index contributed by atoms with van der Waals surface area (Å²) < 4.78 is 39.0. The van der Waals surface area contributed by atoms with Gasteiger partial charge < -0.3 is 5.11 Å². The predicted molar refractivity (Wildman–Crippen MR) is 122 cm³/mol. The summed E-state index contributed by atoms with van der Waals surface area (Å²) in [6.45, 7) is 3.83. The number of halogens is 3. The van der Waals surface area contributed by atoms with Crippen molar-refractivity contribution < 1.29 is 27.9 Å². The van der Waals surface area contributed by atoms with Crippen LogP contribution in [0.25, 0.3) is 11.1 Å². The molecule has 0 aliphatic rings. The Labute approximate surface area is 195 Å². The van der Waals surface area contributed by atoms with Gasteiger partial charge in [0.25, 0.3) is 0 Å². The Morgan fingerprint density at radius 2 is 1.53 bits per heavy atom. The number of ketones is 1. The first-order valence-electron chi connectivity index (χ1n) is 10.6. The molecule has 0 saturated carbocycles. The van der Waals surface area contributed by atoms with Crippen LogP contribution in [-0.2, 0) is 11.0 Å². The van der Waals surface area contributed by atoms with Crippen molar-refractivity contribution >= 4 is 11.8 Å². The van der Waals surface area contributed by atoms with Crippen molar-refractivity contribution in [1.82, 2.24) is 0 Å². The Balaban J connectivity index is 2.13. The normalized spacial score (nSPS) is 12.3. The van der Waals surface area contributed by atoms with Crippen LogP contribution in [0, 0.1) is 17.2 Å². The van der Waals surface area contributed by atoms with Gasteiger partial charge in [0.2, 0.25) is 0 Å². The first-order valence-corrected chi connectivity index (χ1v) is 10.6. The molecule has 3 rings (SSSR count). The molecule has 2 N–H and O–H groups in total. The Kier molecular flexibility index (Phi) is 7.21. The van der Waals surface area contributed by atoms with Gasteiger partial charge in [0.05, 0.1) is 17.2 Å². The first kappa shape index (κ1) is 24.7. The molecule has 0 aliphatic carbocycles. The standard InChI is InChI=1S/C27H22F3NO3/c1-16(2)11-24(26(33)34)21-12-20(18-7-9-23(10-8-18)27(28,29)30)13-22(14-21)25(32)19-5-3-17(15-31)4-6-19/h3-10,12-14,16,24H,11H2,1-2H3,(H,33,34)/p+1. The Morgan fingerprint density at radius 1 is 0.912 bits per heavy atom. The lowest BCUT2D eigenvalue weighted by Gasteiger charge is -2.16.